The number of nitrogens with zero attached hydrogens (tertiary/aromatic N) is 4. The van der Waals surface area contributed by atoms with Gasteiger partial charge in [-0.3, -0.25) is 9.69 Å². The summed E-state index contributed by atoms with van der Waals surface area (Å²) in [7, 11) is 5.71. The summed E-state index contributed by atoms with van der Waals surface area (Å²) in [6.45, 7) is 7.06. The van der Waals surface area contributed by atoms with Crippen LogP contribution >= 0.6 is 11.8 Å². The van der Waals surface area contributed by atoms with Gasteiger partial charge in [-0.1, -0.05) is 44.2 Å². The number of hydrogen-bond donors (Lipinski definition) is 1. The average Bonchev–Trinajstić information content (AvgIpc) is 3.09. The SMILES string of the molecule is CCCCn1c(S[C@H](C)C(=O)Nc2ccccc2OC)nnc1[C@@H](CC)N(C)C. The molecule has 160 valence electrons. The molecule has 0 radical (unpaired) electrons. The quantitative estimate of drug-likeness (QED) is 0.550. The Labute approximate surface area is 178 Å². The van der Waals surface area contributed by atoms with E-state index in [1.807, 2.05) is 31.2 Å². The highest BCUT2D eigenvalue weighted by Gasteiger charge is 2.25. The van der Waals surface area contributed by atoms with Gasteiger partial charge in [0.1, 0.15) is 5.75 Å². The minimum absolute atomic E-state index is 0.0919. The maximum Gasteiger partial charge on any atom is 0.237 e. The number of para-hydroxylation sites is 2. The summed E-state index contributed by atoms with van der Waals surface area (Å²) in [5.74, 6) is 1.51. The number of hydrogen-bond acceptors (Lipinski definition) is 6. The molecule has 29 heavy (non-hydrogen) atoms. The van der Waals surface area contributed by atoms with Gasteiger partial charge in [0.05, 0.1) is 24.1 Å². The van der Waals surface area contributed by atoms with Gasteiger partial charge in [0, 0.05) is 6.54 Å². The van der Waals surface area contributed by atoms with E-state index in [0.29, 0.717) is 11.4 Å². The van der Waals surface area contributed by atoms with E-state index in [4.69, 9.17) is 4.74 Å². The number of ether oxygens (including phenoxy) is 1. The molecule has 2 rings (SSSR count). The van der Waals surface area contributed by atoms with Crippen LogP contribution in [0.15, 0.2) is 29.4 Å². The maximum absolute atomic E-state index is 12.8. The zero-order valence-corrected chi connectivity index (χ0v) is 19.1. The van der Waals surface area contributed by atoms with Crippen molar-refractivity contribution in [3.05, 3.63) is 30.1 Å². The summed E-state index contributed by atoms with van der Waals surface area (Å²) in [5.41, 5.74) is 0.666. The van der Waals surface area contributed by atoms with Crippen molar-refractivity contribution < 1.29 is 9.53 Å². The number of unbranched alkanes of at least 4 members (excludes halogenated alkanes) is 1. The Morgan fingerprint density at radius 2 is 2.00 bits per heavy atom. The number of carbonyl (C=O) groups excluding carboxylic acids is 1. The summed E-state index contributed by atoms with van der Waals surface area (Å²) in [6.07, 6.45) is 3.08. The normalized spacial score (nSPS) is 13.3. The molecular weight excluding hydrogens is 386 g/mol. The Morgan fingerprint density at radius 1 is 1.28 bits per heavy atom. The maximum atomic E-state index is 12.8. The Bertz CT molecular complexity index is 793. The van der Waals surface area contributed by atoms with Crippen molar-refractivity contribution in [2.75, 3.05) is 26.5 Å². The molecule has 1 amide bonds. The number of aromatic nitrogens is 3. The first-order valence-corrected chi connectivity index (χ1v) is 11.0. The van der Waals surface area contributed by atoms with Crippen LogP contribution in [0.1, 0.15) is 51.9 Å². The molecule has 0 saturated carbocycles. The van der Waals surface area contributed by atoms with Crippen LogP contribution in [-0.4, -0.2) is 52.0 Å². The number of rotatable bonds is 11. The summed E-state index contributed by atoms with van der Waals surface area (Å²) in [6, 6.07) is 7.60. The van der Waals surface area contributed by atoms with E-state index in [-0.39, 0.29) is 17.2 Å². The number of anilines is 1. The molecule has 0 aliphatic rings. The summed E-state index contributed by atoms with van der Waals surface area (Å²) in [4.78, 5) is 14.9. The average molecular weight is 420 g/mol. The van der Waals surface area contributed by atoms with Gasteiger partial charge in [-0.15, -0.1) is 10.2 Å². The van der Waals surface area contributed by atoms with Gasteiger partial charge in [-0.2, -0.15) is 0 Å². The van der Waals surface area contributed by atoms with Gasteiger partial charge in [0.25, 0.3) is 0 Å². The molecule has 7 nitrogen and oxygen atoms in total. The lowest BCUT2D eigenvalue weighted by Gasteiger charge is -2.23. The lowest BCUT2D eigenvalue weighted by Crippen LogP contribution is -2.24. The molecule has 0 bridgehead atoms. The largest absolute Gasteiger partial charge is 0.495 e. The molecule has 0 saturated heterocycles. The second-order valence-corrected chi connectivity index (χ2v) is 8.49. The third kappa shape index (κ3) is 5.96. The number of benzene rings is 1. The number of methoxy groups -OCH3 is 1. The van der Waals surface area contributed by atoms with Crippen molar-refractivity contribution in [2.45, 2.75) is 63.0 Å². The molecule has 1 aromatic carbocycles. The Hall–Kier alpha value is -2.06. The zero-order valence-electron chi connectivity index (χ0n) is 18.3. The standard InChI is InChI=1S/C21H33N5O2S/c1-7-9-14-26-19(17(8-2)25(4)5)23-24-21(26)29-15(3)20(27)22-16-12-10-11-13-18(16)28-6/h10-13,15,17H,7-9,14H2,1-6H3,(H,22,27)/t15-,17-/m1/s1. The van der Waals surface area contributed by atoms with E-state index in [9.17, 15) is 4.79 Å². The van der Waals surface area contributed by atoms with Crippen LogP contribution in [0.3, 0.4) is 0 Å². The molecule has 0 fully saturated rings. The highest BCUT2D eigenvalue weighted by atomic mass is 32.2. The summed E-state index contributed by atoms with van der Waals surface area (Å²) >= 11 is 1.44. The van der Waals surface area contributed by atoms with E-state index in [1.165, 1.54) is 11.8 Å². The molecule has 8 heteroatoms. The highest BCUT2D eigenvalue weighted by molar-refractivity contribution is 8.00. The number of amides is 1. The predicted molar refractivity (Wildman–Crippen MR) is 119 cm³/mol. The fourth-order valence-electron chi connectivity index (χ4n) is 3.13. The second kappa shape index (κ2) is 11.2. The minimum atomic E-state index is -0.322. The molecule has 1 aromatic heterocycles. The highest BCUT2D eigenvalue weighted by Crippen LogP contribution is 2.29. The number of carbonyl (C=O) groups is 1. The number of thioether (sulfide) groups is 1. The minimum Gasteiger partial charge on any atom is -0.495 e. The third-order valence-electron chi connectivity index (χ3n) is 4.81. The van der Waals surface area contributed by atoms with E-state index in [1.54, 1.807) is 7.11 Å². The summed E-state index contributed by atoms with van der Waals surface area (Å²) < 4.78 is 7.50. The van der Waals surface area contributed by atoms with Gasteiger partial charge in [-0.25, -0.2) is 0 Å². The van der Waals surface area contributed by atoms with Crippen molar-refractivity contribution >= 4 is 23.4 Å². The molecule has 0 aliphatic heterocycles. The molecular formula is C21H33N5O2S. The molecule has 1 N–H and O–H groups in total. The van der Waals surface area contributed by atoms with Crippen LogP contribution in [0, 0.1) is 0 Å². The van der Waals surface area contributed by atoms with Gasteiger partial charge >= 0.3 is 0 Å². The van der Waals surface area contributed by atoms with Crippen molar-refractivity contribution in [1.29, 1.82) is 0 Å². The number of nitrogens with one attached hydrogen (secondary N) is 1. The van der Waals surface area contributed by atoms with Crippen molar-refractivity contribution in [3.63, 3.8) is 0 Å². The molecule has 0 aliphatic carbocycles. The van der Waals surface area contributed by atoms with E-state index in [0.717, 1.165) is 36.8 Å². The molecule has 0 spiro atoms. The summed E-state index contributed by atoms with van der Waals surface area (Å²) in [5, 5.41) is 12.3. The second-order valence-electron chi connectivity index (χ2n) is 7.18. The molecule has 0 unspecified atom stereocenters. The van der Waals surface area contributed by atoms with Crippen LogP contribution < -0.4 is 10.1 Å². The molecule has 2 aromatic rings. The molecule has 1 heterocycles. The fourth-order valence-corrected chi connectivity index (χ4v) is 4.01. The van der Waals surface area contributed by atoms with Crippen molar-refractivity contribution in [3.8, 4) is 5.75 Å². The van der Waals surface area contributed by atoms with Crippen molar-refractivity contribution in [2.24, 2.45) is 0 Å². The van der Waals surface area contributed by atoms with Crippen molar-refractivity contribution in [1.82, 2.24) is 19.7 Å². The lowest BCUT2D eigenvalue weighted by molar-refractivity contribution is -0.115. The van der Waals surface area contributed by atoms with Crippen LogP contribution in [0.4, 0.5) is 5.69 Å². The first-order valence-electron chi connectivity index (χ1n) is 10.1. The predicted octanol–water partition coefficient (Wildman–Crippen LogP) is 4.22. The van der Waals surface area contributed by atoms with Crippen LogP contribution in [-0.2, 0) is 11.3 Å². The first-order chi connectivity index (χ1) is 13.9. The van der Waals surface area contributed by atoms with Crippen LogP contribution in [0.5, 0.6) is 5.75 Å². The van der Waals surface area contributed by atoms with E-state index in [2.05, 4.69) is 52.9 Å². The Kier molecular flexibility index (Phi) is 8.98. The van der Waals surface area contributed by atoms with Gasteiger partial charge in [-0.05, 0) is 46.0 Å². The third-order valence-corrected chi connectivity index (χ3v) is 5.89. The smallest absolute Gasteiger partial charge is 0.237 e. The van der Waals surface area contributed by atoms with Crippen LogP contribution in [0.25, 0.3) is 0 Å². The van der Waals surface area contributed by atoms with Gasteiger partial charge < -0.3 is 14.6 Å². The lowest BCUT2D eigenvalue weighted by atomic mass is 10.2. The van der Waals surface area contributed by atoms with Crippen LogP contribution in [0.2, 0.25) is 0 Å². The monoisotopic (exact) mass is 419 g/mol. The zero-order chi connectivity index (χ0) is 21.4. The van der Waals surface area contributed by atoms with E-state index < -0.39 is 0 Å². The first kappa shape index (κ1) is 23.2. The Balaban J connectivity index is 2.18. The van der Waals surface area contributed by atoms with E-state index >= 15 is 0 Å². The van der Waals surface area contributed by atoms with Gasteiger partial charge in [0.2, 0.25) is 5.91 Å². The molecule has 2 atom stereocenters. The fraction of sp³-hybridized carbons (Fsp3) is 0.571. The topological polar surface area (TPSA) is 72.3 Å². The Morgan fingerprint density at radius 3 is 2.62 bits per heavy atom. The van der Waals surface area contributed by atoms with Gasteiger partial charge in [0.15, 0.2) is 11.0 Å².